The lowest BCUT2D eigenvalue weighted by atomic mass is 10.2. The normalized spacial score (nSPS) is 12.1. The highest BCUT2D eigenvalue weighted by Crippen LogP contribution is 2.34. The molecule has 0 saturated heterocycles. The van der Waals surface area contributed by atoms with Crippen LogP contribution in [0.2, 0.25) is 0 Å². The molecular weight excluding hydrogens is 338 g/mol. The summed E-state index contributed by atoms with van der Waals surface area (Å²) in [5, 5.41) is 9.52. The number of fused-ring (bicyclic) bond motifs is 1. The van der Waals surface area contributed by atoms with E-state index in [1.54, 1.807) is 44.2 Å². The van der Waals surface area contributed by atoms with Crippen molar-refractivity contribution in [1.82, 2.24) is 15.1 Å². The number of ether oxygens (including phenoxy) is 2. The number of rotatable bonds is 4. The standard InChI is InChI=1S/C17H15N5O4/c1-9-5-12(20-17(18-9)21-15-6-10(2)26-22-15)16(23)19-11-3-4-13-14(7-11)25-8-24-13/h3-7H,8H2,1-2H3,(H,19,23)(H,18,20,21,22). The van der Waals surface area contributed by atoms with E-state index in [2.05, 4.69) is 25.8 Å². The van der Waals surface area contributed by atoms with Gasteiger partial charge in [0, 0.05) is 23.5 Å². The first-order valence-electron chi connectivity index (χ1n) is 7.84. The van der Waals surface area contributed by atoms with Crippen LogP contribution in [0.25, 0.3) is 0 Å². The molecule has 0 radical (unpaired) electrons. The second kappa shape index (κ2) is 6.36. The number of hydrogen-bond acceptors (Lipinski definition) is 8. The van der Waals surface area contributed by atoms with E-state index in [4.69, 9.17) is 14.0 Å². The van der Waals surface area contributed by atoms with Gasteiger partial charge in [-0.15, -0.1) is 0 Å². The Morgan fingerprint density at radius 1 is 1.08 bits per heavy atom. The van der Waals surface area contributed by atoms with Crippen molar-refractivity contribution in [2.75, 3.05) is 17.4 Å². The number of benzene rings is 1. The first-order valence-corrected chi connectivity index (χ1v) is 7.84. The summed E-state index contributed by atoms with van der Waals surface area (Å²) >= 11 is 0. The molecule has 0 aliphatic carbocycles. The van der Waals surface area contributed by atoms with Gasteiger partial charge in [0.1, 0.15) is 11.5 Å². The number of aromatic nitrogens is 3. The van der Waals surface area contributed by atoms with Crippen molar-refractivity contribution >= 4 is 23.4 Å². The van der Waals surface area contributed by atoms with Gasteiger partial charge in [0.15, 0.2) is 17.3 Å². The van der Waals surface area contributed by atoms with Gasteiger partial charge in [-0.3, -0.25) is 4.79 Å². The minimum Gasteiger partial charge on any atom is -0.454 e. The van der Waals surface area contributed by atoms with Crippen molar-refractivity contribution in [2.24, 2.45) is 0 Å². The molecule has 3 heterocycles. The predicted molar refractivity (Wildman–Crippen MR) is 91.8 cm³/mol. The van der Waals surface area contributed by atoms with Crippen molar-refractivity contribution in [3.63, 3.8) is 0 Å². The Morgan fingerprint density at radius 2 is 1.92 bits per heavy atom. The summed E-state index contributed by atoms with van der Waals surface area (Å²) in [5.41, 5.74) is 1.44. The number of aryl methyl sites for hydroxylation is 2. The molecule has 1 aliphatic heterocycles. The quantitative estimate of drug-likeness (QED) is 0.736. The highest BCUT2D eigenvalue weighted by molar-refractivity contribution is 6.03. The summed E-state index contributed by atoms with van der Waals surface area (Å²) in [6, 6.07) is 8.48. The van der Waals surface area contributed by atoms with Crippen molar-refractivity contribution in [3.05, 3.63) is 47.5 Å². The zero-order valence-electron chi connectivity index (χ0n) is 14.1. The fourth-order valence-electron chi connectivity index (χ4n) is 2.45. The lowest BCUT2D eigenvalue weighted by molar-refractivity contribution is 0.102. The smallest absolute Gasteiger partial charge is 0.274 e. The van der Waals surface area contributed by atoms with E-state index in [-0.39, 0.29) is 24.3 Å². The topological polar surface area (TPSA) is 111 Å². The van der Waals surface area contributed by atoms with Gasteiger partial charge < -0.3 is 24.6 Å². The van der Waals surface area contributed by atoms with Gasteiger partial charge in [0.2, 0.25) is 12.7 Å². The minimum absolute atomic E-state index is 0.175. The average Bonchev–Trinajstić information content (AvgIpc) is 3.22. The van der Waals surface area contributed by atoms with Crippen LogP contribution in [0, 0.1) is 13.8 Å². The van der Waals surface area contributed by atoms with E-state index in [0.717, 1.165) is 0 Å². The van der Waals surface area contributed by atoms with Crippen LogP contribution in [0.5, 0.6) is 11.5 Å². The van der Waals surface area contributed by atoms with E-state index in [1.165, 1.54) is 0 Å². The first kappa shape index (κ1) is 15.9. The highest BCUT2D eigenvalue weighted by Gasteiger charge is 2.16. The van der Waals surface area contributed by atoms with Crippen molar-refractivity contribution in [2.45, 2.75) is 13.8 Å². The Labute approximate surface area is 148 Å². The molecule has 1 aromatic carbocycles. The fourth-order valence-corrected chi connectivity index (χ4v) is 2.45. The number of anilines is 3. The average molecular weight is 353 g/mol. The van der Waals surface area contributed by atoms with Gasteiger partial charge in [-0.05, 0) is 32.0 Å². The molecule has 26 heavy (non-hydrogen) atoms. The van der Waals surface area contributed by atoms with Gasteiger partial charge in [-0.25, -0.2) is 9.97 Å². The van der Waals surface area contributed by atoms with Crippen LogP contribution in [-0.4, -0.2) is 27.8 Å². The molecule has 2 aromatic heterocycles. The fraction of sp³-hybridized carbons (Fsp3) is 0.176. The molecule has 9 nitrogen and oxygen atoms in total. The molecule has 1 aliphatic rings. The molecule has 3 aromatic rings. The van der Waals surface area contributed by atoms with E-state index in [0.29, 0.717) is 34.5 Å². The van der Waals surface area contributed by atoms with Crippen LogP contribution >= 0.6 is 0 Å². The Morgan fingerprint density at radius 3 is 2.73 bits per heavy atom. The van der Waals surface area contributed by atoms with Gasteiger partial charge in [0.25, 0.3) is 5.91 Å². The second-order valence-corrected chi connectivity index (χ2v) is 5.69. The predicted octanol–water partition coefficient (Wildman–Crippen LogP) is 2.81. The van der Waals surface area contributed by atoms with E-state index >= 15 is 0 Å². The number of amides is 1. The molecule has 9 heteroatoms. The van der Waals surface area contributed by atoms with E-state index < -0.39 is 0 Å². The summed E-state index contributed by atoms with van der Waals surface area (Å²) in [5.74, 6) is 2.25. The molecule has 0 saturated carbocycles. The minimum atomic E-state index is -0.367. The molecule has 0 bridgehead atoms. The number of nitrogens with zero attached hydrogens (tertiary/aromatic N) is 3. The monoisotopic (exact) mass is 353 g/mol. The van der Waals surface area contributed by atoms with Crippen molar-refractivity contribution in [1.29, 1.82) is 0 Å². The Bertz CT molecular complexity index is 985. The van der Waals surface area contributed by atoms with Gasteiger partial charge in [-0.2, -0.15) is 0 Å². The Kier molecular flexibility index (Phi) is 3.88. The summed E-state index contributed by atoms with van der Waals surface area (Å²) in [4.78, 5) is 21.0. The molecule has 0 fully saturated rings. The number of nitrogens with one attached hydrogen (secondary N) is 2. The van der Waals surface area contributed by atoms with Gasteiger partial charge in [-0.1, -0.05) is 5.16 Å². The Balaban J connectivity index is 1.53. The molecule has 0 spiro atoms. The summed E-state index contributed by atoms with van der Waals surface area (Å²) in [6.45, 7) is 3.73. The summed E-state index contributed by atoms with van der Waals surface area (Å²) in [6.07, 6.45) is 0. The largest absolute Gasteiger partial charge is 0.454 e. The summed E-state index contributed by atoms with van der Waals surface area (Å²) in [7, 11) is 0. The third kappa shape index (κ3) is 3.27. The maximum absolute atomic E-state index is 12.5. The number of carbonyl (C=O) groups excluding carboxylic acids is 1. The molecule has 4 rings (SSSR count). The first-order chi connectivity index (χ1) is 12.6. The van der Waals surface area contributed by atoms with Gasteiger partial charge >= 0.3 is 0 Å². The van der Waals surface area contributed by atoms with Crippen LogP contribution in [0.15, 0.2) is 34.9 Å². The molecule has 132 valence electrons. The van der Waals surface area contributed by atoms with Crippen LogP contribution < -0.4 is 20.1 Å². The van der Waals surface area contributed by atoms with Crippen LogP contribution in [0.1, 0.15) is 21.9 Å². The lowest BCUT2D eigenvalue weighted by Gasteiger charge is -2.08. The number of hydrogen-bond donors (Lipinski definition) is 2. The SMILES string of the molecule is Cc1cc(C(=O)Nc2ccc3c(c2)OCO3)nc(Nc2cc(C)on2)n1. The van der Waals surface area contributed by atoms with Gasteiger partial charge in [0.05, 0.1) is 0 Å². The molecule has 0 atom stereocenters. The zero-order chi connectivity index (χ0) is 18.1. The van der Waals surface area contributed by atoms with Crippen LogP contribution in [-0.2, 0) is 0 Å². The maximum atomic E-state index is 12.5. The van der Waals surface area contributed by atoms with E-state index in [1.807, 2.05) is 0 Å². The second-order valence-electron chi connectivity index (χ2n) is 5.69. The van der Waals surface area contributed by atoms with Crippen LogP contribution in [0.4, 0.5) is 17.5 Å². The van der Waals surface area contributed by atoms with Crippen LogP contribution in [0.3, 0.4) is 0 Å². The van der Waals surface area contributed by atoms with Crippen molar-refractivity contribution < 1.29 is 18.8 Å². The maximum Gasteiger partial charge on any atom is 0.274 e. The summed E-state index contributed by atoms with van der Waals surface area (Å²) < 4.78 is 15.6. The third-order valence-electron chi connectivity index (χ3n) is 3.59. The number of carbonyl (C=O) groups is 1. The zero-order valence-corrected chi connectivity index (χ0v) is 14.1. The highest BCUT2D eigenvalue weighted by atomic mass is 16.7. The molecule has 1 amide bonds. The van der Waals surface area contributed by atoms with E-state index in [9.17, 15) is 4.79 Å². The Hall–Kier alpha value is -3.62. The lowest BCUT2D eigenvalue weighted by Crippen LogP contribution is -2.15. The van der Waals surface area contributed by atoms with Crippen molar-refractivity contribution in [3.8, 4) is 11.5 Å². The molecular formula is C17H15N5O4. The third-order valence-corrected chi connectivity index (χ3v) is 3.59. The molecule has 0 unspecified atom stereocenters. The molecule has 2 N–H and O–H groups in total.